The van der Waals surface area contributed by atoms with Crippen molar-refractivity contribution < 1.29 is 19.4 Å². The topological polar surface area (TPSA) is 93.9 Å². The first-order valence-corrected chi connectivity index (χ1v) is 11.2. The van der Waals surface area contributed by atoms with E-state index < -0.39 is 17.7 Å². The average molecular weight is 466 g/mol. The second kappa shape index (κ2) is 8.65. The number of hydrogen-bond donors (Lipinski definition) is 1. The monoisotopic (exact) mass is 465 g/mol. The van der Waals surface area contributed by atoms with Gasteiger partial charge in [-0.3, -0.25) is 14.5 Å². The summed E-state index contributed by atoms with van der Waals surface area (Å²) < 4.78 is 5.70. The maximum atomic E-state index is 13.4. The van der Waals surface area contributed by atoms with Gasteiger partial charge in [0.05, 0.1) is 35.5 Å². The Bertz CT molecular complexity index is 1420. The highest BCUT2D eigenvalue weighted by atomic mass is 16.5. The Hall–Kier alpha value is -4.57. The first-order valence-electron chi connectivity index (χ1n) is 11.2. The van der Waals surface area contributed by atoms with Crippen LogP contribution in [0.1, 0.15) is 28.3 Å². The minimum absolute atomic E-state index is 0.0179. The van der Waals surface area contributed by atoms with Crippen LogP contribution in [0.4, 0.5) is 11.4 Å². The van der Waals surface area contributed by atoms with Crippen LogP contribution in [0.2, 0.25) is 0 Å². The molecule has 0 aliphatic carbocycles. The highest BCUT2D eigenvalue weighted by Crippen LogP contribution is 2.43. The van der Waals surface area contributed by atoms with E-state index in [1.54, 1.807) is 42.5 Å². The summed E-state index contributed by atoms with van der Waals surface area (Å²) >= 11 is 0. The zero-order chi connectivity index (χ0) is 24.7. The molecule has 1 saturated heterocycles. The molecule has 3 aromatic carbocycles. The molecule has 7 heteroatoms. The van der Waals surface area contributed by atoms with E-state index in [4.69, 9.17) is 10.00 Å². The van der Waals surface area contributed by atoms with Gasteiger partial charge in [0.15, 0.2) is 0 Å². The maximum Gasteiger partial charge on any atom is 0.300 e. The van der Waals surface area contributed by atoms with E-state index in [0.717, 1.165) is 11.3 Å². The number of fused-ring (bicyclic) bond motifs is 1. The number of nitriles is 1. The number of carbonyl (C=O) groups is 2. The number of hydrogen-bond acceptors (Lipinski definition) is 6. The molecule has 0 spiro atoms. The number of rotatable bonds is 3. The van der Waals surface area contributed by atoms with E-state index in [9.17, 15) is 14.7 Å². The Morgan fingerprint density at radius 3 is 2.57 bits per heavy atom. The fourth-order valence-corrected chi connectivity index (χ4v) is 4.60. The predicted octanol–water partition coefficient (Wildman–Crippen LogP) is 4.32. The molecule has 1 fully saturated rings. The smallest absolute Gasteiger partial charge is 0.300 e. The summed E-state index contributed by atoms with van der Waals surface area (Å²) in [5.41, 5.74) is 3.82. The molecule has 0 saturated carbocycles. The summed E-state index contributed by atoms with van der Waals surface area (Å²) in [6.07, 6.45) is 0. The van der Waals surface area contributed by atoms with Crippen molar-refractivity contribution >= 4 is 28.8 Å². The van der Waals surface area contributed by atoms with Crippen LogP contribution in [0.5, 0.6) is 5.75 Å². The molecule has 2 heterocycles. The number of ketones is 1. The number of carbonyl (C=O) groups excluding carboxylic acids is 2. The van der Waals surface area contributed by atoms with Crippen molar-refractivity contribution in [3.05, 3.63) is 94.6 Å². The van der Waals surface area contributed by atoms with Crippen molar-refractivity contribution in [1.29, 1.82) is 5.26 Å². The molecule has 0 bridgehead atoms. The SMILES string of the molecule is Cc1cccc(C2/C(=C(/O)c3ccc4c(c3)N(C)CCO4)C(=O)C(=O)N2c2ccc(C#N)cc2)c1. The molecule has 2 aliphatic rings. The molecule has 174 valence electrons. The van der Waals surface area contributed by atoms with E-state index >= 15 is 0 Å². The van der Waals surface area contributed by atoms with Crippen LogP contribution >= 0.6 is 0 Å². The van der Waals surface area contributed by atoms with Crippen LogP contribution in [0.25, 0.3) is 5.76 Å². The lowest BCUT2D eigenvalue weighted by Crippen LogP contribution is -2.29. The van der Waals surface area contributed by atoms with Crippen LogP contribution in [0, 0.1) is 18.3 Å². The van der Waals surface area contributed by atoms with Gasteiger partial charge in [0.2, 0.25) is 0 Å². The first kappa shape index (κ1) is 22.2. The molecule has 3 aromatic rings. The molecule has 0 radical (unpaired) electrons. The van der Waals surface area contributed by atoms with Gasteiger partial charge in [0, 0.05) is 18.3 Å². The number of benzene rings is 3. The van der Waals surface area contributed by atoms with E-state index in [2.05, 4.69) is 6.07 Å². The molecule has 35 heavy (non-hydrogen) atoms. The van der Waals surface area contributed by atoms with Gasteiger partial charge in [-0.15, -0.1) is 0 Å². The fourth-order valence-electron chi connectivity index (χ4n) is 4.60. The van der Waals surface area contributed by atoms with E-state index in [1.165, 1.54) is 4.90 Å². The van der Waals surface area contributed by atoms with Crippen LogP contribution < -0.4 is 14.5 Å². The quantitative estimate of drug-likeness (QED) is 0.352. The summed E-state index contributed by atoms with van der Waals surface area (Å²) in [5.74, 6) is -1.04. The van der Waals surface area contributed by atoms with Crippen LogP contribution in [-0.2, 0) is 9.59 Å². The molecule has 7 nitrogen and oxygen atoms in total. The largest absolute Gasteiger partial charge is 0.507 e. The van der Waals surface area contributed by atoms with Crippen molar-refractivity contribution in [3.63, 3.8) is 0 Å². The third-order valence-electron chi connectivity index (χ3n) is 6.40. The number of anilines is 2. The second-order valence-corrected chi connectivity index (χ2v) is 8.69. The van der Waals surface area contributed by atoms with E-state index in [0.29, 0.717) is 41.3 Å². The number of ether oxygens (including phenoxy) is 1. The molecular weight excluding hydrogens is 442 g/mol. The van der Waals surface area contributed by atoms with Crippen LogP contribution in [0.3, 0.4) is 0 Å². The van der Waals surface area contributed by atoms with E-state index in [-0.39, 0.29) is 11.3 Å². The van der Waals surface area contributed by atoms with E-state index in [1.807, 2.05) is 43.1 Å². The number of likely N-dealkylation sites (N-methyl/N-ethyl adjacent to an activating group) is 1. The van der Waals surface area contributed by atoms with Crippen molar-refractivity contribution in [1.82, 2.24) is 0 Å². The molecule has 5 rings (SSSR count). The molecule has 2 aliphatic heterocycles. The number of Topliss-reactive ketones (excluding diaryl/α,β-unsaturated/α-hetero) is 1. The Morgan fingerprint density at radius 2 is 1.86 bits per heavy atom. The fraction of sp³-hybridized carbons (Fsp3) is 0.179. The van der Waals surface area contributed by atoms with Crippen LogP contribution in [0.15, 0.2) is 72.3 Å². The first-order chi connectivity index (χ1) is 16.9. The number of aryl methyl sites for hydroxylation is 1. The van der Waals surface area contributed by atoms with Gasteiger partial charge in [0.1, 0.15) is 18.1 Å². The molecule has 0 aromatic heterocycles. The predicted molar refractivity (Wildman–Crippen MR) is 132 cm³/mol. The normalized spacial score (nSPS) is 18.7. The second-order valence-electron chi connectivity index (χ2n) is 8.69. The van der Waals surface area contributed by atoms with Gasteiger partial charge >= 0.3 is 0 Å². The van der Waals surface area contributed by atoms with Gasteiger partial charge in [0.25, 0.3) is 11.7 Å². The minimum Gasteiger partial charge on any atom is -0.507 e. The number of amides is 1. The number of nitrogens with zero attached hydrogens (tertiary/aromatic N) is 3. The van der Waals surface area contributed by atoms with Gasteiger partial charge < -0.3 is 14.7 Å². The van der Waals surface area contributed by atoms with Gasteiger partial charge in [-0.1, -0.05) is 29.8 Å². The van der Waals surface area contributed by atoms with Crippen LogP contribution in [-0.4, -0.2) is 37.0 Å². The Balaban J connectivity index is 1.69. The van der Waals surface area contributed by atoms with Crippen molar-refractivity contribution in [2.45, 2.75) is 13.0 Å². The summed E-state index contributed by atoms with van der Waals surface area (Å²) in [6, 6.07) is 20.4. The molecular formula is C28H23N3O4. The maximum absolute atomic E-state index is 13.4. The summed E-state index contributed by atoms with van der Waals surface area (Å²) in [7, 11) is 1.93. The zero-order valence-electron chi connectivity index (χ0n) is 19.4. The number of aliphatic hydroxyl groups excluding tert-OH is 1. The minimum atomic E-state index is -0.826. The number of aliphatic hydroxyl groups is 1. The third kappa shape index (κ3) is 3.79. The van der Waals surface area contributed by atoms with Crippen molar-refractivity contribution in [2.24, 2.45) is 0 Å². The average Bonchev–Trinajstić information content (AvgIpc) is 3.14. The van der Waals surface area contributed by atoms with Gasteiger partial charge in [-0.25, -0.2) is 0 Å². The summed E-state index contributed by atoms with van der Waals surface area (Å²) in [6.45, 7) is 3.19. The lowest BCUT2D eigenvalue weighted by atomic mass is 9.94. The molecule has 1 N–H and O–H groups in total. The molecule has 1 unspecified atom stereocenters. The summed E-state index contributed by atoms with van der Waals surface area (Å²) in [4.78, 5) is 30.1. The molecule has 1 atom stereocenters. The van der Waals surface area contributed by atoms with Crippen molar-refractivity contribution in [3.8, 4) is 11.8 Å². The highest BCUT2D eigenvalue weighted by molar-refractivity contribution is 6.51. The van der Waals surface area contributed by atoms with Gasteiger partial charge in [-0.2, -0.15) is 5.26 Å². The zero-order valence-corrected chi connectivity index (χ0v) is 19.4. The molecule has 1 amide bonds. The summed E-state index contributed by atoms with van der Waals surface area (Å²) in [5, 5.41) is 20.6. The standard InChI is InChI=1S/C28H23N3O4/c1-17-4-3-5-19(14-17)25-24(26(32)20-8-11-23-22(15-20)30(2)12-13-35-23)27(33)28(34)31(25)21-9-6-18(16-29)7-10-21/h3-11,14-15,25,32H,12-13H2,1-2H3/b26-24-. The third-order valence-corrected chi connectivity index (χ3v) is 6.40. The van der Waals surface area contributed by atoms with Crippen molar-refractivity contribution in [2.75, 3.05) is 30.0 Å². The van der Waals surface area contributed by atoms with Gasteiger partial charge in [-0.05, 0) is 55.0 Å². The lowest BCUT2D eigenvalue weighted by Gasteiger charge is -2.28. The Kier molecular flexibility index (Phi) is 5.50. The Morgan fingerprint density at radius 1 is 1.09 bits per heavy atom. The lowest BCUT2D eigenvalue weighted by molar-refractivity contribution is -0.132. The Labute approximate surface area is 203 Å². The highest BCUT2D eigenvalue weighted by Gasteiger charge is 2.47.